The van der Waals surface area contributed by atoms with Crippen LogP contribution >= 0.6 is 0 Å². The quantitative estimate of drug-likeness (QED) is 0.543. The van der Waals surface area contributed by atoms with Gasteiger partial charge in [-0.25, -0.2) is 9.37 Å². The molecule has 1 atom stereocenters. The summed E-state index contributed by atoms with van der Waals surface area (Å²) < 4.78 is 19.6. The number of aliphatic carboxylic acids is 1. The highest BCUT2D eigenvalue weighted by atomic mass is 19.1. The van der Waals surface area contributed by atoms with Crippen molar-refractivity contribution in [2.24, 2.45) is 0 Å². The molecular weight excluding hydrogens is 399 g/mol. The van der Waals surface area contributed by atoms with E-state index in [0.29, 0.717) is 30.1 Å². The summed E-state index contributed by atoms with van der Waals surface area (Å²) in [7, 11) is 0. The van der Waals surface area contributed by atoms with E-state index < -0.39 is 12.0 Å². The first kappa shape index (κ1) is 21.1. The first-order valence-corrected chi connectivity index (χ1v) is 10.4. The third-order valence-electron chi connectivity index (χ3n) is 5.81. The van der Waals surface area contributed by atoms with E-state index in [2.05, 4.69) is 5.32 Å². The van der Waals surface area contributed by atoms with Crippen molar-refractivity contribution in [2.75, 3.05) is 18.5 Å². The number of hydrogen-bond acceptors (Lipinski definition) is 5. The Morgan fingerprint density at radius 1 is 1.23 bits per heavy atom. The highest BCUT2D eigenvalue weighted by Crippen LogP contribution is 2.43. The Bertz CT molecular complexity index is 1140. The number of carbonyl (C=O) groups is 1. The molecule has 1 saturated heterocycles. The number of aromatic hydroxyl groups is 1. The lowest BCUT2D eigenvalue weighted by molar-refractivity contribution is -0.137. The van der Waals surface area contributed by atoms with Gasteiger partial charge in [0.2, 0.25) is 0 Å². The Balaban J connectivity index is 2.04. The van der Waals surface area contributed by atoms with Crippen LogP contribution in [0.1, 0.15) is 36.8 Å². The zero-order valence-corrected chi connectivity index (χ0v) is 17.5. The largest absolute Gasteiger partial charge is 0.508 e. The van der Waals surface area contributed by atoms with Crippen LogP contribution in [0.15, 0.2) is 36.4 Å². The van der Waals surface area contributed by atoms with Gasteiger partial charge >= 0.3 is 5.97 Å². The molecule has 0 bridgehead atoms. The van der Waals surface area contributed by atoms with E-state index in [1.807, 2.05) is 0 Å². The van der Waals surface area contributed by atoms with Crippen LogP contribution < -0.4 is 5.32 Å². The van der Waals surface area contributed by atoms with Gasteiger partial charge in [-0.1, -0.05) is 6.07 Å². The van der Waals surface area contributed by atoms with Gasteiger partial charge in [-0.05, 0) is 73.6 Å². The van der Waals surface area contributed by atoms with Gasteiger partial charge in [-0.2, -0.15) is 0 Å². The highest BCUT2D eigenvalue weighted by Gasteiger charge is 2.27. The van der Waals surface area contributed by atoms with Crippen molar-refractivity contribution >= 4 is 22.7 Å². The summed E-state index contributed by atoms with van der Waals surface area (Å²) in [6, 6.07) is 9.08. The lowest BCUT2D eigenvalue weighted by Gasteiger charge is -2.28. The molecular formula is C24H25FN2O4. The number of carboxylic acids is 1. The van der Waals surface area contributed by atoms with Crippen molar-refractivity contribution in [1.29, 1.82) is 0 Å². The maximum absolute atomic E-state index is 14.0. The fraction of sp³-hybridized carbons (Fsp3) is 0.333. The van der Waals surface area contributed by atoms with Crippen LogP contribution in [0.3, 0.4) is 0 Å². The van der Waals surface area contributed by atoms with Crippen LogP contribution in [-0.4, -0.2) is 40.4 Å². The summed E-state index contributed by atoms with van der Waals surface area (Å²) >= 11 is 0. The number of hydrogen-bond donors (Lipinski definition) is 3. The van der Waals surface area contributed by atoms with Crippen LogP contribution in [0.2, 0.25) is 0 Å². The molecule has 0 aliphatic carbocycles. The molecule has 0 spiro atoms. The fourth-order valence-corrected chi connectivity index (χ4v) is 4.14. The van der Waals surface area contributed by atoms with Crippen LogP contribution in [-0.2, 0) is 9.53 Å². The van der Waals surface area contributed by atoms with Gasteiger partial charge in [0.1, 0.15) is 23.4 Å². The molecule has 6 nitrogen and oxygen atoms in total. The number of ether oxygens (including phenoxy) is 1. The molecule has 0 amide bonds. The summed E-state index contributed by atoms with van der Waals surface area (Å²) in [4.78, 5) is 16.3. The summed E-state index contributed by atoms with van der Waals surface area (Å²) in [6.07, 6.45) is 1.54. The molecule has 2 aromatic carbocycles. The molecule has 162 valence electrons. The van der Waals surface area contributed by atoms with Crippen molar-refractivity contribution in [3.63, 3.8) is 0 Å². The number of rotatable bonds is 5. The van der Waals surface area contributed by atoms with Gasteiger partial charge in [0.15, 0.2) is 0 Å². The van der Waals surface area contributed by atoms with Crippen LogP contribution in [0, 0.1) is 12.7 Å². The second kappa shape index (κ2) is 8.51. The molecule has 0 saturated carbocycles. The molecule has 0 radical (unpaired) electrons. The van der Waals surface area contributed by atoms with E-state index in [-0.39, 0.29) is 17.5 Å². The number of aryl methyl sites for hydroxylation is 1. The number of nitrogens with one attached hydrogen (secondary N) is 1. The molecule has 7 heteroatoms. The van der Waals surface area contributed by atoms with Gasteiger partial charge in [-0.3, -0.25) is 4.79 Å². The van der Waals surface area contributed by atoms with Crippen molar-refractivity contribution in [2.45, 2.75) is 38.6 Å². The Morgan fingerprint density at radius 3 is 2.65 bits per heavy atom. The second-order valence-electron chi connectivity index (χ2n) is 8.01. The summed E-state index contributed by atoms with van der Waals surface area (Å²) in [5, 5.41) is 23.4. The number of benzene rings is 2. The molecule has 1 aliphatic heterocycles. The molecule has 3 aromatic rings. The summed E-state index contributed by atoms with van der Waals surface area (Å²) in [5.41, 5.74) is 3.66. The topological polar surface area (TPSA) is 91.7 Å². The van der Waals surface area contributed by atoms with Crippen molar-refractivity contribution in [3.8, 4) is 16.9 Å². The lowest BCUT2D eigenvalue weighted by Crippen LogP contribution is -2.27. The number of pyridine rings is 1. The van der Waals surface area contributed by atoms with Crippen molar-refractivity contribution in [1.82, 2.24) is 4.98 Å². The standard InChI is InChI=1S/C24H25FN2O4/c1-13-11-16(3-6-19(13)25)21-18-5-4-17(28)12-20(18)27-23(26-14(2)24(29)30)22(21)15-7-9-31-10-8-15/h3-6,11-12,14-15,28H,7-10H2,1-2H3,(H,26,27)(H,29,30)/t14-/m1/s1. The lowest BCUT2D eigenvalue weighted by atomic mass is 9.84. The molecule has 1 fully saturated rings. The number of nitrogens with zero attached hydrogens (tertiary/aromatic N) is 1. The minimum atomic E-state index is -0.991. The fourth-order valence-electron chi connectivity index (χ4n) is 4.14. The first-order chi connectivity index (χ1) is 14.8. The Labute approximate surface area is 179 Å². The third-order valence-corrected chi connectivity index (χ3v) is 5.81. The second-order valence-corrected chi connectivity index (χ2v) is 8.01. The average Bonchev–Trinajstić information content (AvgIpc) is 2.75. The summed E-state index contributed by atoms with van der Waals surface area (Å²) in [6.45, 7) is 4.49. The number of anilines is 1. The van der Waals surface area contributed by atoms with Crippen molar-refractivity contribution < 1.29 is 24.1 Å². The summed E-state index contributed by atoms with van der Waals surface area (Å²) in [5.74, 6) is -0.641. The molecule has 2 heterocycles. The molecule has 0 unspecified atom stereocenters. The maximum atomic E-state index is 14.0. The van der Waals surface area contributed by atoms with E-state index in [1.54, 1.807) is 44.2 Å². The van der Waals surface area contributed by atoms with E-state index in [0.717, 1.165) is 34.9 Å². The first-order valence-electron chi connectivity index (χ1n) is 10.4. The number of aromatic nitrogens is 1. The normalized spacial score (nSPS) is 15.7. The SMILES string of the molecule is Cc1cc(-c2c(C3CCOCC3)c(N[C@H](C)C(=O)O)nc3cc(O)ccc23)ccc1F. The van der Waals surface area contributed by atoms with Gasteiger partial charge in [0.25, 0.3) is 0 Å². The minimum Gasteiger partial charge on any atom is -0.508 e. The molecule has 3 N–H and O–H groups in total. The number of fused-ring (bicyclic) bond motifs is 1. The Kier molecular flexibility index (Phi) is 5.78. The van der Waals surface area contributed by atoms with E-state index in [1.165, 1.54) is 6.07 Å². The highest BCUT2D eigenvalue weighted by molar-refractivity contribution is 5.99. The number of carboxylic acid groups (broad SMARTS) is 1. The molecule has 1 aliphatic rings. The predicted octanol–water partition coefficient (Wildman–Crippen LogP) is 4.83. The van der Waals surface area contributed by atoms with Gasteiger partial charge in [-0.15, -0.1) is 0 Å². The third kappa shape index (κ3) is 4.18. The zero-order valence-electron chi connectivity index (χ0n) is 17.5. The van der Waals surface area contributed by atoms with Gasteiger partial charge < -0.3 is 20.3 Å². The van der Waals surface area contributed by atoms with E-state index >= 15 is 0 Å². The van der Waals surface area contributed by atoms with E-state index in [4.69, 9.17) is 9.72 Å². The molecule has 4 rings (SSSR count). The Morgan fingerprint density at radius 2 is 1.97 bits per heavy atom. The molecule has 31 heavy (non-hydrogen) atoms. The zero-order chi connectivity index (χ0) is 22.1. The molecule has 1 aromatic heterocycles. The number of phenols is 1. The minimum absolute atomic E-state index is 0.0669. The predicted molar refractivity (Wildman–Crippen MR) is 117 cm³/mol. The number of phenolic OH excluding ortho intramolecular Hbond substituents is 1. The maximum Gasteiger partial charge on any atom is 0.325 e. The van der Waals surface area contributed by atoms with Crippen LogP contribution in [0.25, 0.3) is 22.0 Å². The van der Waals surface area contributed by atoms with Crippen LogP contribution in [0.5, 0.6) is 5.75 Å². The Hall–Kier alpha value is -3.19. The number of halogens is 1. The monoisotopic (exact) mass is 424 g/mol. The smallest absolute Gasteiger partial charge is 0.325 e. The van der Waals surface area contributed by atoms with Gasteiger partial charge in [0, 0.05) is 30.2 Å². The van der Waals surface area contributed by atoms with Gasteiger partial charge in [0.05, 0.1) is 5.52 Å². The van der Waals surface area contributed by atoms with Crippen LogP contribution in [0.4, 0.5) is 10.2 Å². The average molecular weight is 424 g/mol. The van der Waals surface area contributed by atoms with Crippen molar-refractivity contribution in [3.05, 3.63) is 53.3 Å². The van der Waals surface area contributed by atoms with E-state index in [9.17, 15) is 19.4 Å².